The van der Waals surface area contributed by atoms with Gasteiger partial charge in [-0.25, -0.2) is 4.98 Å². The first-order valence-corrected chi connectivity index (χ1v) is 7.58. The monoisotopic (exact) mass is 265 g/mol. The van der Waals surface area contributed by atoms with Gasteiger partial charge in [-0.1, -0.05) is 0 Å². The molecule has 0 aromatic carbocycles. The molecule has 2 fully saturated rings. The SMILES string of the molecule is CCN1C(=O)CCC12CCN(c1nccs1)CC2. The molecule has 1 aromatic heterocycles. The van der Waals surface area contributed by atoms with E-state index in [2.05, 4.69) is 21.7 Å². The van der Waals surface area contributed by atoms with E-state index in [1.807, 2.05) is 11.6 Å². The highest BCUT2D eigenvalue weighted by Gasteiger charge is 2.46. The Morgan fingerprint density at radius 3 is 2.78 bits per heavy atom. The van der Waals surface area contributed by atoms with Gasteiger partial charge < -0.3 is 9.80 Å². The average Bonchev–Trinajstić information content (AvgIpc) is 3.00. The van der Waals surface area contributed by atoms with Crippen LogP contribution in [0.3, 0.4) is 0 Å². The Hall–Kier alpha value is -1.10. The van der Waals surface area contributed by atoms with Crippen LogP contribution in [0.4, 0.5) is 5.13 Å². The lowest BCUT2D eigenvalue weighted by atomic mass is 9.85. The molecule has 18 heavy (non-hydrogen) atoms. The Bertz CT molecular complexity index is 423. The number of amides is 1. The summed E-state index contributed by atoms with van der Waals surface area (Å²) < 4.78 is 0. The highest BCUT2D eigenvalue weighted by atomic mass is 32.1. The lowest BCUT2D eigenvalue weighted by Crippen LogP contribution is -2.53. The largest absolute Gasteiger partial charge is 0.348 e. The summed E-state index contributed by atoms with van der Waals surface area (Å²) in [5.41, 5.74) is 0.152. The van der Waals surface area contributed by atoms with Gasteiger partial charge in [0.05, 0.1) is 0 Å². The van der Waals surface area contributed by atoms with E-state index in [0.717, 1.165) is 50.4 Å². The number of aromatic nitrogens is 1. The maximum Gasteiger partial charge on any atom is 0.223 e. The van der Waals surface area contributed by atoms with Crippen molar-refractivity contribution in [2.45, 2.75) is 38.1 Å². The number of hydrogen-bond donors (Lipinski definition) is 0. The number of thiazole rings is 1. The Morgan fingerprint density at radius 2 is 2.17 bits per heavy atom. The summed E-state index contributed by atoms with van der Waals surface area (Å²) in [6.07, 6.45) is 5.83. The zero-order valence-corrected chi connectivity index (χ0v) is 11.6. The van der Waals surface area contributed by atoms with Gasteiger partial charge in [-0.2, -0.15) is 0 Å². The maximum atomic E-state index is 11.9. The molecule has 0 N–H and O–H groups in total. The number of piperidine rings is 1. The smallest absolute Gasteiger partial charge is 0.223 e. The molecule has 3 rings (SSSR count). The van der Waals surface area contributed by atoms with Crippen LogP contribution >= 0.6 is 11.3 Å². The molecule has 4 nitrogen and oxygen atoms in total. The molecule has 0 bridgehead atoms. The van der Waals surface area contributed by atoms with Gasteiger partial charge >= 0.3 is 0 Å². The standard InChI is InChI=1S/C13H19N3OS/c1-2-16-11(17)3-4-13(16)5-8-15(9-6-13)12-14-7-10-18-12/h7,10H,2-6,8-9H2,1H3. The lowest BCUT2D eigenvalue weighted by molar-refractivity contribution is -0.131. The molecular formula is C13H19N3OS. The van der Waals surface area contributed by atoms with Gasteiger partial charge in [0.2, 0.25) is 5.91 Å². The normalized spacial score (nSPS) is 23.1. The van der Waals surface area contributed by atoms with Gasteiger partial charge in [0.15, 0.2) is 5.13 Å². The Morgan fingerprint density at radius 1 is 1.39 bits per heavy atom. The van der Waals surface area contributed by atoms with Gasteiger partial charge in [0.25, 0.3) is 0 Å². The molecule has 2 aliphatic rings. The summed E-state index contributed by atoms with van der Waals surface area (Å²) in [4.78, 5) is 20.7. The van der Waals surface area contributed by atoms with E-state index in [1.54, 1.807) is 11.3 Å². The second-order valence-electron chi connectivity index (χ2n) is 5.16. The molecule has 0 aliphatic carbocycles. The van der Waals surface area contributed by atoms with Crippen molar-refractivity contribution < 1.29 is 4.79 Å². The third-order valence-electron chi connectivity index (χ3n) is 4.38. The molecule has 0 radical (unpaired) electrons. The third-order valence-corrected chi connectivity index (χ3v) is 5.21. The van der Waals surface area contributed by atoms with Crippen LogP contribution in [-0.4, -0.2) is 41.0 Å². The van der Waals surface area contributed by atoms with Gasteiger partial charge in [-0.05, 0) is 26.2 Å². The van der Waals surface area contributed by atoms with Crippen LogP contribution in [0.2, 0.25) is 0 Å². The van der Waals surface area contributed by atoms with E-state index in [-0.39, 0.29) is 5.54 Å². The van der Waals surface area contributed by atoms with Gasteiger partial charge in [-0.15, -0.1) is 11.3 Å². The zero-order chi connectivity index (χ0) is 12.6. The first kappa shape index (κ1) is 12.0. The van der Waals surface area contributed by atoms with Crippen LogP contribution in [0.5, 0.6) is 0 Å². The molecule has 2 aliphatic heterocycles. The first-order chi connectivity index (χ1) is 8.75. The van der Waals surface area contributed by atoms with Crippen LogP contribution in [0.1, 0.15) is 32.6 Å². The highest BCUT2D eigenvalue weighted by molar-refractivity contribution is 7.13. The van der Waals surface area contributed by atoms with Crippen LogP contribution in [0.15, 0.2) is 11.6 Å². The Kier molecular flexibility index (Phi) is 3.01. The molecule has 1 amide bonds. The minimum absolute atomic E-state index is 0.152. The van der Waals surface area contributed by atoms with E-state index < -0.39 is 0 Å². The fourth-order valence-electron chi connectivity index (χ4n) is 3.39. The number of carbonyl (C=O) groups excluding carboxylic acids is 1. The van der Waals surface area contributed by atoms with Crippen molar-refractivity contribution in [1.29, 1.82) is 0 Å². The molecule has 0 atom stereocenters. The van der Waals surface area contributed by atoms with Crippen molar-refractivity contribution in [2.24, 2.45) is 0 Å². The predicted octanol–water partition coefficient (Wildman–Crippen LogP) is 2.12. The molecule has 1 aromatic rings. The average molecular weight is 265 g/mol. The van der Waals surface area contributed by atoms with Crippen LogP contribution in [-0.2, 0) is 4.79 Å². The minimum atomic E-state index is 0.152. The fraction of sp³-hybridized carbons (Fsp3) is 0.692. The highest BCUT2D eigenvalue weighted by Crippen LogP contribution is 2.39. The van der Waals surface area contributed by atoms with E-state index in [0.29, 0.717) is 5.91 Å². The molecule has 5 heteroatoms. The molecule has 2 saturated heterocycles. The number of hydrogen-bond acceptors (Lipinski definition) is 4. The lowest BCUT2D eigenvalue weighted by Gasteiger charge is -2.44. The molecule has 0 unspecified atom stereocenters. The third kappa shape index (κ3) is 1.81. The molecular weight excluding hydrogens is 246 g/mol. The van der Waals surface area contributed by atoms with Gasteiger partial charge in [-0.3, -0.25) is 4.79 Å². The van der Waals surface area contributed by atoms with Crippen molar-refractivity contribution in [3.63, 3.8) is 0 Å². The number of nitrogens with zero attached hydrogens (tertiary/aromatic N) is 3. The number of likely N-dealkylation sites (tertiary alicyclic amines) is 1. The number of rotatable bonds is 2. The fourth-order valence-corrected chi connectivity index (χ4v) is 4.09. The molecule has 3 heterocycles. The van der Waals surface area contributed by atoms with Gasteiger partial charge in [0.1, 0.15) is 0 Å². The number of carbonyl (C=O) groups is 1. The van der Waals surface area contributed by atoms with Gasteiger partial charge in [0, 0.05) is 43.2 Å². The summed E-state index contributed by atoms with van der Waals surface area (Å²) in [6, 6.07) is 0. The van der Waals surface area contributed by atoms with E-state index in [9.17, 15) is 4.79 Å². The van der Waals surface area contributed by atoms with Crippen molar-refractivity contribution >= 4 is 22.4 Å². The van der Waals surface area contributed by atoms with Crippen LogP contribution < -0.4 is 4.90 Å². The maximum absolute atomic E-state index is 11.9. The van der Waals surface area contributed by atoms with Crippen molar-refractivity contribution in [2.75, 3.05) is 24.5 Å². The Balaban J connectivity index is 1.71. The molecule has 1 spiro atoms. The van der Waals surface area contributed by atoms with E-state index >= 15 is 0 Å². The van der Waals surface area contributed by atoms with Crippen molar-refractivity contribution in [3.8, 4) is 0 Å². The predicted molar refractivity (Wildman–Crippen MR) is 72.9 cm³/mol. The Labute approximate surface area is 112 Å². The van der Waals surface area contributed by atoms with E-state index in [1.165, 1.54) is 0 Å². The molecule has 0 saturated carbocycles. The summed E-state index contributed by atoms with van der Waals surface area (Å²) in [5.74, 6) is 0.347. The van der Waals surface area contributed by atoms with Crippen molar-refractivity contribution in [3.05, 3.63) is 11.6 Å². The van der Waals surface area contributed by atoms with Crippen LogP contribution in [0, 0.1) is 0 Å². The summed E-state index contributed by atoms with van der Waals surface area (Å²) in [7, 11) is 0. The first-order valence-electron chi connectivity index (χ1n) is 6.70. The van der Waals surface area contributed by atoms with Crippen molar-refractivity contribution in [1.82, 2.24) is 9.88 Å². The summed E-state index contributed by atoms with van der Waals surface area (Å²) in [5, 5.41) is 3.15. The van der Waals surface area contributed by atoms with E-state index in [4.69, 9.17) is 0 Å². The number of anilines is 1. The second kappa shape index (κ2) is 4.53. The second-order valence-corrected chi connectivity index (χ2v) is 6.04. The topological polar surface area (TPSA) is 36.4 Å². The zero-order valence-electron chi connectivity index (χ0n) is 10.8. The summed E-state index contributed by atoms with van der Waals surface area (Å²) >= 11 is 1.70. The summed E-state index contributed by atoms with van der Waals surface area (Å²) in [6.45, 7) is 5.00. The van der Waals surface area contributed by atoms with Crippen LogP contribution in [0.25, 0.3) is 0 Å². The molecule has 98 valence electrons. The minimum Gasteiger partial charge on any atom is -0.348 e. The quantitative estimate of drug-likeness (QED) is 0.822.